The predicted octanol–water partition coefficient (Wildman–Crippen LogP) is 5.57. The molecule has 0 spiro atoms. The maximum atomic E-state index is 13.7. The fourth-order valence-corrected chi connectivity index (χ4v) is 7.91. The summed E-state index contributed by atoms with van der Waals surface area (Å²) in [6, 6.07) is 18.9. The Hall–Kier alpha value is -2.72. The van der Waals surface area contributed by atoms with E-state index in [-0.39, 0.29) is 31.1 Å². The van der Waals surface area contributed by atoms with E-state index in [1.807, 2.05) is 6.07 Å². The van der Waals surface area contributed by atoms with Gasteiger partial charge in [0.2, 0.25) is 10.0 Å². The first-order valence-electron chi connectivity index (χ1n) is 13.3. The number of rotatable bonds is 5. The second kappa shape index (κ2) is 10.7. The van der Waals surface area contributed by atoms with Crippen molar-refractivity contribution in [3.8, 4) is 11.1 Å². The van der Waals surface area contributed by atoms with E-state index in [0.29, 0.717) is 13.0 Å². The zero-order chi connectivity index (χ0) is 27.9. The van der Waals surface area contributed by atoms with Crippen molar-refractivity contribution in [3.05, 3.63) is 89.0 Å². The Morgan fingerprint density at radius 1 is 0.923 bits per heavy atom. The molecule has 0 unspecified atom stereocenters. The van der Waals surface area contributed by atoms with E-state index in [1.54, 1.807) is 0 Å². The minimum absolute atomic E-state index is 0.0173. The molecule has 5 rings (SSSR count). The average molecular weight is 558 g/mol. The third kappa shape index (κ3) is 5.13. The van der Waals surface area contributed by atoms with Crippen LogP contribution in [0.5, 0.6) is 0 Å². The monoisotopic (exact) mass is 557 g/mol. The van der Waals surface area contributed by atoms with Crippen molar-refractivity contribution in [3.63, 3.8) is 0 Å². The molecule has 3 aromatic carbocycles. The molecule has 3 atom stereocenters. The van der Waals surface area contributed by atoms with E-state index >= 15 is 0 Å². The maximum Gasteiger partial charge on any atom is 0.417 e. The lowest BCUT2D eigenvalue weighted by Gasteiger charge is -2.57. The molecule has 2 aliphatic heterocycles. The van der Waals surface area contributed by atoms with Gasteiger partial charge in [0, 0.05) is 37.6 Å². The molecule has 2 saturated heterocycles. The Kier molecular flexibility index (Phi) is 7.63. The zero-order valence-corrected chi connectivity index (χ0v) is 23.0. The van der Waals surface area contributed by atoms with Gasteiger partial charge in [-0.05, 0) is 73.2 Å². The molecule has 0 amide bonds. The van der Waals surface area contributed by atoms with Crippen molar-refractivity contribution >= 4 is 10.0 Å². The number of alkyl halides is 3. The molecule has 0 radical (unpaired) electrons. The minimum atomic E-state index is -4.76. The van der Waals surface area contributed by atoms with Gasteiger partial charge in [-0.15, -0.1) is 0 Å². The van der Waals surface area contributed by atoms with Crippen molar-refractivity contribution in [1.29, 1.82) is 0 Å². The largest absolute Gasteiger partial charge is 0.417 e. The number of aryl methyl sites for hydroxylation is 1. The number of benzene rings is 3. The Morgan fingerprint density at radius 2 is 1.62 bits per heavy atom. The number of hydrogen-bond donors (Lipinski definition) is 1. The van der Waals surface area contributed by atoms with Crippen LogP contribution in [0.4, 0.5) is 13.2 Å². The summed E-state index contributed by atoms with van der Waals surface area (Å²) < 4.78 is 69.7. The van der Waals surface area contributed by atoms with E-state index in [1.165, 1.54) is 33.1 Å². The fraction of sp³-hybridized carbons (Fsp3) is 0.400. The summed E-state index contributed by atoms with van der Waals surface area (Å²) in [5, 5.41) is 0. The molecular formula is C30H34F3N3O2S. The fourth-order valence-electron chi connectivity index (χ4n) is 6.20. The SMILES string of the molecule is Cc1cccc(-c2ccc([C@@H]3[C@@H](CN)N4CCCCN(S(=O)(=O)c5ccccc5C(F)(F)F)C[C@@H]34)cc2)c1C. The molecule has 2 aliphatic rings. The van der Waals surface area contributed by atoms with Crippen LogP contribution in [-0.2, 0) is 16.2 Å². The van der Waals surface area contributed by atoms with Gasteiger partial charge in [-0.1, -0.05) is 54.6 Å². The Morgan fingerprint density at radius 3 is 2.31 bits per heavy atom. The molecule has 0 bridgehead atoms. The highest BCUT2D eigenvalue weighted by Gasteiger charge is 2.50. The van der Waals surface area contributed by atoms with Crippen LogP contribution < -0.4 is 5.73 Å². The van der Waals surface area contributed by atoms with Gasteiger partial charge >= 0.3 is 6.18 Å². The lowest BCUT2D eigenvalue weighted by molar-refractivity contribution is -0.139. The molecule has 2 fully saturated rings. The molecule has 0 saturated carbocycles. The molecule has 0 aromatic heterocycles. The third-order valence-electron chi connectivity index (χ3n) is 8.41. The van der Waals surface area contributed by atoms with E-state index in [0.717, 1.165) is 36.2 Å². The molecule has 2 heterocycles. The number of nitrogens with two attached hydrogens (primary N) is 1. The average Bonchev–Trinajstić information content (AvgIpc) is 2.89. The number of fused-ring (bicyclic) bond motifs is 1. The molecule has 3 aromatic rings. The Labute approximate surface area is 228 Å². The number of hydrogen-bond acceptors (Lipinski definition) is 4. The van der Waals surface area contributed by atoms with Crippen LogP contribution in [0, 0.1) is 13.8 Å². The quantitative estimate of drug-likeness (QED) is 0.446. The molecule has 39 heavy (non-hydrogen) atoms. The first-order valence-corrected chi connectivity index (χ1v) is 14.8. The Balaban J connectivity index is 1.46. The molecular weight excluding hydrogens is 523 g/mol. The van der Waals surface area contributed by atoms with Crippen LogP contribution >= 0.6 is 0 Å². The van der Waals surface area contributed by atoms with Crippen LogP contribution in [0.25, 0.3) is 11.1 Å². The van der Waals surface area contributed by atoms with Crippen LogP contribution in [0.1, 0.15) is 41.0 Å². The molecule has 0 aliphatic carbocycles. The van der Waals surface area contributed by atoms with Gasteiger partial charge in [-0.3, -0.25) is 4.90 Å². The highest BCUT2D eigenvalue weighted by molar-refractivity contribution is 7.89. The normalized spacial score (nSPS) is 23.0. The minimum Gasteiger partial charge on any atom is -0.329 e. The van der Waals surface area contributed by atoms with Gasteiger partial charge in [0.15, 0.2) is 0 Å². The highest BCUT2D eigenvalue weighted by Crippen LogP contribution is 2.43. The number of halogens is 3. The zero-order valence-electron chi connectivity index (χ0n) is 22.2. The molecule has 2 N–H and O–H groups in total. The number of nitrogens with zero attached hydrogens (tertiary/aromatic N) is 2. The van der Waals surface area contributed by atoms with Crippen LogP contribution in [-0.4, -0.2) is 55.9 Å². The second-order valence-corrected chi connectivity index (χ2v) is 12.5. The van der Waals surface area contributed by atoms with E-state index in [4.69, 9.17) is 5.73 Å². The van der Waals surface area contributed by atoms with Crippen LogP contribution in [0.15, 0.2) is 71.6 Å². The standard InChI is InChI=1S/C30H34F3N3O2S/c1-20-8-7-9-24(21(20)2)22-12-14-23(15-13-22)29-26(18-34)36-17-6-5-16-35(19-27(29)36)39(37,38)28-11-4-3-10-25(28)30(31,32)33/h3-4,7-15,26-27,29H,5-6,16-19,34H2,1-2H3/t26-,27+,29-/m1/s1. The summed E-state index contributed by atoms with van der Waals surface area (Å²) >= 11 is 0. The van der Waals surface area contributed by atoms with Crippen molar-refractivity contribution in [2.75, 3.05) is 26.2 Å². The van der Waals surface area contributed by atoms with Crippen molar-refractivity contribution in [2.24, 2.45) is 5.73 Å². The summed E-state index contributed by atoms with van der Waals surface area (Å²) in [5.41, 5.74) is 10.8. The Bertz CT molecular complexity index is 1440. The van der Waals surface area contributed by atoms with Gasteiger partial charge < -0.3 is 5.73 Å². The van der Waals surface area contributed by atoms with Crippen molar-refractivity contribution in [2.45, 2.75) is 55.8 Å². The lowest BCUT2D eigenvalue weighted by atomic mass is 9.74. The molecule has 5 nitrogen and oxygen atoms in total. The van der Waals surface area contributed by atoms with Gasteiger partial charge in [-0.25, -0.2) is 8.42 Å². The number of sulfonamides is 1. The van der Waals surface area contributed by atoms with Crippen molar-refractivity contribution in [1.82, 2.24) is 9.21 Å². The topological polar surface area (TPSA) is 66.6 Å². The maximum absolute atomic E-state index is 13.7. The second-order valence-electron chi connectivity index (χ2n) is 10.6. The summed E-state index contributed by atoms with van der Waals surface area (Å²) in [7, 11) is -4.36. The van der Waals surface area contributed by atoms with Crippen molar-refractivity contribution < 1.29 is 21.6 Å². The van der Waals surface area contributed by atoms with Gasteiger partial charge in [0.25, 0.3) is 0 Å². The van der Waals surface area contributed by atoms with Gasteiger partial charge in [0.05, 0.1) is 10.5 Å². The smallest absolute Gasteiger partial charge is 0.329 e. The van der Waals surface area contributed by atoms with Gasteiger partial charge in [0.1, 0.15) is 0 Å². The first kappa shape index (κ1) is 27.8. The van der Waals surface area contributed by atoms with Crippen LogP contribution in [0.3, 0.4) is 0 Å². The summed E-state index contributed by atoms with van der Waals surface area (Å²) in [5.74, 6) is -0.0173. The molecule has 208 valence electrons. The summed E-state index contributed by atoms with van der Waals surface area (Å²) in [6.07, 6.45) is -3.44. The van der Waals surface area contributed by atoms with E-state index < -0.39 is 26.7 Å². The lowest BCUT2D eigenvalue weighted by Crippen LogP contribution is -2.68. The van der Waals surface area contributed by atoms with Crippen LogP contribution in [0.2, 0.25) is 0 Å². The summed E-state index contributed by atoms with van der Waals surface area (Å²) in [6.45, 7) is 5.70. The van der Waals surface area contributed by atoms with E-state index in [9.17, 15) is 21.6 Å². The third-order valence-corrected chi connectivity index (χ3v) is 10.3. The first-order chi connectivity index (χ1) is 18.5. The predicted molar refractivity (Wildman–Crippen MR) is 147 cm³/mol. The molecule has 9 heteroatoms. The van der Waals surface area contributed by atoms with E-state index in [2.05, 4.69) is 55.1 Å². The van der Waals surface area contributed by atoms with Gasteiger partial charge in [-0.2, -0.15) is 17.5 Å². The summed E-state index contributed by atoms with van der Waals surface area (Å²) in [4.78, 5) is 1.55. The highest BCUT2D eigenvalue weighted by atomic mass is 32.2.